The van der Waals surface area contributed by atoms with Crippen molar-refractivity contribution < 1.29 is 14.3 Å². The van der Waals surface area contributed by atoms with Gasteiger partial charge in [0.2, 0.25) is 5.91 Å². The van der Waals surface area contributed by atoms with E-state index in [1.807, 2.05) is 19.1 Å². The van der Waals surface area contributed by atoms with E-state index in [1.165, 1.54) is 12.0 Å². The minimum atomic E-state index is -0.221. The molecule has 0 saturated carbocycles. The van der Waals surface area contributed by atoms with Gasteiger partial charge < -0.3 is 9.47 Å². The van der Waals surface area contributed by atoms with Crippen LogP contribution in [0.3, 0.4) is 0 Å². The Balaban J connectivity index is 3.21. The normalized spacial score (nSPS) is 10.1. The second-order valence-corrected chi connectivity index (χ2v) is 3.77. The van der Waals surface area contributed by atoms with Gasteiger partial charge in [0.15, 0.2) is 0 Å². The Bertz CT molecular complexity index is 395. The number of carbonyl (C=O) groups excluding carboxylic acids is 1. The predicted octanol–water partition coefficient (Wildman–Crippen LogP) is 2.18. The number of hydrogen-bond donors (Lipinski definition) is 0. The van der Waals surface area contributed by atoms with Gasteiger partial charge in [0, 0.05) is 7.11 Å². The summed E-state index contributed by atoms with van der Waals surface area (Å²) in [6.07, 6.45) is 0. The molecule has 94 valence electrons. The lowest BCUT2D eigenvalue weighted by Crippen LogP contribution is -2.34. The largest absolute Gasteiger partial charge is 0.495 e. The third-order valence-electron chi connectivity index (χ3n) is 2.36. The number of methoxy groups -OCH3 is 2. The summed E-state index contributed by atoms with van der Waals surface area (Å²) in [6, 6.07) is 5.57. The van der Waals surface area contributed by atoms with E-state index < -0.39 is 0 Å². The van der Waals surface area contributed by atoms with Gasteiger partial charge in [-0.25, -0.2) is 0 Å². The van der Waals surface area contributed by atoms with Gasteiger partial charge in [-0.15, -0.1) is 11.6 Å². The molecule has 0 fully saturated rings. The van der Waals surface area contributed by atoms with Crippen LogP contribution in [0.15, 0.2) is 18.2 Å². The number of carbonyl (C=O) groups is 1. The van der Waals surface area contributed by atoms with Crippen LogP contribution in [0.1, 0.15) is 5.56 Å². The molecular weight excluding hydrogens is 242 g/mol. The summed E-state index contributed by atoms with van der Waals surface area (Å²) in [7, 11) is 3.09. The number of amides is 1. The zero-order chi connectivity index (χ0) is 12.8. The smallest absolute Gasteiger partial charge is 0.243 e. The number of alkyl halides is 1. The van der Waals surface area contributed by atoms with Crippen molar-refractivity contribution in [2.75, 3.05) is 31.7 Å². The second kappa shape index (κ2) is 6.47. The van der Waals surface area contributed by atoms with Crippen molar-refractivity contribution in [1.29, 1.82) is 0 Å². The Kier molecular flexibility index (Phi) is 5.25. The molecule has 1 aromatic rings. The highest BCUT2D eigenvalue weighted by Crippen LogP contribution is 2.31. The molecule has 0 aliphatic heterocycles. The maximum atomic E-state index is 11.8. The number of ether oxygens (including phenoxy) is 2. The highest BCUT2D eigenvalue weighted by Gasteiger charge is 2.20. The quantitative estimate of drug-likeness (QED) is 0.600. The maximum Gasteiger partial charge on any atom is 0.243 e. The number of rotatable bonds is 5. The summed E-state index contributed by atoms with van der Waals surface area (Å²) in [5.74, 6) is 0.308. The van der Waals surface area contributed by atoms with Crippen LogP contribution in [0.25, 0.3) is 0 Å². The highest BCUT2D eigenvalue weighted by molar-refractivity contribution is 6.29. The Morgan fingerprint density at radius 3 is 2.65 bits per heavy atom. The van der Waals surface area contributed by atoms with Gasteiger partial charge in [-0.1, -0.05) is 12.1 Å². The van der Waals surface area contributed by atoms with Crippen LogP contribution < -0.4 is 9.64 Å². The number of nitrogens with zero attached hydrogens (tertiary/aromatic N) is 1. The molecule has 0 radical (unpaired) electrons. The summed E-state index contributed by atoms with van der Waals surface area (Å²) in [5.41, 5.74) is 1.63. The van der Waals surface area contributed by atoms with Crippen molar-refractivity contribution in [2.45, 2.75) is 6.92 Å². The molecule has 0 aliphatic rings. The molecule has 0 spiro atoms. The van der Waals surface area contributed by atoms with Gasteiger partial charge in [-0.05, 0) is 18.6 Å². The van der Waals surface area contributed by atoms with E-state index in [4.69, 9.17) is 21.1 Å². The van der Waals surface area contributed by atoms with Gasteiger partial charge in [0.1, 0.15) is 18.4 Å². The fourth-order valence-electron chi connectivity index (χ4n) is 1.61. The van der Waals surface area contributed by atoms with Crippen molar-refractivity contribution in [3.8, 4) is 5.75 Å². The van der Waals surface area contributed by atoms with Crippen molar-refractivity contribution in [3.63, 3.8) is 0 Å². The van der Waals surface area contributed by atoms with Gasteiger partial charge in [0.05, 0.1) is 12.8 Å². The average Bonchev–Trinajstić information content (AvgIpc) is 2.35. The number of anilines is 1. The van der Waals surface area contributed by atoms with Crippen molar-refractivity contribution >= 4 is 23.2 Å². The monoisotopic (exact) mass is 257 g/mol. The van der Waals surface area contributed by atoms with Gasteiger partial charge >= 0.3 is 0 Å². The second-order valence-electron chi connectivity index (χ2n) is 3.50. The summed E-state index contributed by atoms with van der Waals surface area (Å²) in [6.45, 7) is 2.05. The molecule has 0 aromatic heterocycles. The lowest BCUT2D eigenvalue weighted by Gasteiger charge is -2.24. The van der Waals surface area contributed by atoms with Crippen LogP contribution in [0.4, 0.5) is 5.69 Å². The minimum Gasteiger partial charge on any atom is -0.495 e. The van der Waals surface area contributed by atoms with E-state index in [1.54, 1.807) is 13.2 Å². The average molecular weight is 258 g/mol. The Morgan fingerprint density at radius 2 is 2.12 bits per heavy atom. The number of halogens is 1. The van der Waals surface area contributed by atoms with E-state index in [9.17, 15) is 4.79 Å². The molecule has 1 amide bonds. The van der Waals surface area contributed by atoms with E-state index in [0.717, 1.165) is 5.56 Å². The van der Waals surface area contributed by atoms with Crippen LogP contribution in [0.2, 0.25) is 0 Å². The standard InChI is InChI=1S/C12H16ClNO3/c1-9-5-4-6-10(17-3)12(9)14(8-16-2)11(15)7-13/h4-6H,7-8H2,1-3H3. The third kappa shape index (κ3) is 3.11. The highest BCUT2D eigenvalue weighted by atomic mass is 35.5. The lowest BCUT2D eigenvalue weighted by molar-refractivity contribution is -0.117. The Labute approximate surface area is 106 Å². The molecule has 0 heterocycles. The zero-order valence-corrected chi connectivity index (χ0v) is 11.0. The number of aryl methyl sites for hydroxylation is 1. The molecule has 1 rings (SSSR count). The summed E-state index contributed by atoms with van der Waals surface area (Å²) < 4.78 is 10.3. The molecule has 17 heavy (non-hydrogen) atoms. The first-order valence-electron chi connectivity index (χ1n) is 5.14. The fourth-order valence-corrected chi connectivity index (χ4v) is 1.75. The van der Waals surface area contributed by atoms with E-state index in [2.05, 4.69) is 0 Å². The van der Waals surface area contributed by atoms with E-state index in [0.29, 0.717) is 11.4 Å². The van der Waals surface area contributed by atoms with Gasteiger partial charge in [0.25, 0.3) is 0 Å². The molecule has 0 N–H and O–H groups in total. The zero-order valence-electron chi connectivity index (χ0n) is 10.2. The van der Waals surface area contributed by atoms with Crippen LogP contribution in [0, 0.1) is 6.92 Å². The van der Waals surface area contributed by atoms with Crippen LogP contribution >= 0.6 is 11.6 Å². The third-order valence-corrected chi connectivity index (χ3v) is 2.59. The molecule has 0 bridgehead atoms. The van der Waals surface area contributed by atoms with Crippen LogP contribution in [-0.4, -0.2) is 32.7 Å². The summed E-state index contributed by atoms with van der Waals surface area (Å²) in [4.78, 5) is 13.3. The lowest BCUT2D eigenvalue weighted by atomic mass is 10.1. The van der Waals surface area contributed by atoms with Crippen LogP contribution in [-0.2, 0) is 9.53 Å². The van der Waals surface area contributed by atoms with Crippen LogP contribution in [0.5, 0.6) is 5.75 Å². The number of para-hydroxylation sites is 1. The molecule has 4 nitrogen and oxygen atoms in total. The number of hydrogen-bond acceptors (Lipinski definition) is 3. The first-order valence-corrected chi connectivity index (χ1v) is 5.68. The molecule has 5 heteroatoms. The fraction of sp³-hybridized carbons (Fsp3) is 0.417. The first-order chi connectivity index (χ1) is 8.15. The molecule has 0 saturated heterocycles. The first kappa shape index (κ1) is 13.8. The van der Waals surface area contributed by atoms with Gasteiger partial charge in [-0.3, -0.25) is 9.69 Å². The minimum absolute atomic E-state index is 0.0964. The SMILES string of the molecule is COCN(C(=O)CCl)c1c(C)cccc1OC. The predicted molar refractivity (Wildman–Crippen MR) is 67.8 cm³/mol. The molecular formula is C12H16ClNO3. The molecule has 0 atom stereocenters. The number of benzene rings is 1. The Morgan fingerprint density at radius 1 is 1.41 bits per heavy atom. The maximum absolute atomic E-state index is 11.8. The summed E-state index contributed by atoms with van der Waals surface area (Å²) >= 11 is 5.59. The molecule has 0 aliphatic carbocycles. The van der Waals surface area contributed by atoms with E-state index >= 15 is 0 Å². The van der Waals surface area contributed by atoms with Gasteiger partial charge in [-0.2, -0.15) is 0 Å². The summed E-state index contributed by atoms with van der Waals surface area (Å²) in [5, 5.41) is 0. The van der Waals surface area contributed by atoms with Crippen molar-refractivity contribution in [2.24, 2.45) is 0 Å². The Hall–Kier alpha value is -1.26. The van der Waals surface area contributed by atoms with Crippen molar-refractivity contribution in [1.82, 2.24) is 0 Å². The molecule has 1 aromatic carbocycles. The molecule has 0 unspecified atom stereocenters. The topological polar surface area (TPSA) is 38.8 Å². The van der Waals surface area contributed by atoms with Crippen molar-refractivity contribution in [3.05, 3.63) is 23.8 Å². The van der Waals surface area contributed by atoms with E-state index in [-0.39, 0.29) is 18.5 Å².